The predicted octanol–water partition coefficient (Wildman–Crippen LogP) is 11.9. The molecule has 0 saturated carbocycles. The molecule has 0 aromatic heterocycles. The fourth-order valence-electron chi connectivity index (χ4n) is 5.76. The summed E-state index contributed by atoms with van der Waals surface area (Å²) >= 11 is 0. The average Bonchev–Trinajstić information content (AvgIpc) is 3.11. The van der Waals surface area contributed by atoms with Gasteiger partial charge in [0.25, 0.3) is 0 Å². The zero-order valence-corrected chi connectivity index (χ0v) is 35.5. The van der Waals surface area contributed by atoms with Crippen molar-refractivity contribution in [3.63, 3.8) is 0 Å². The fourth-order valence-corrected chi connectivity index (χ4v) is 5.76. The molecule has 0 aliphatic heterocycles. The van der Waals surface area contributed by atoms with Gasteiger partial charge in [-0.05, 0) is 123 Å². The first-order valence-corrected chi connectivity index (χ1v) is 19.0. The number of hydrogen-bond donors (Lipinski definition) is 0. The Hall–Kier alpha value is -3.74. The van der Waals surface area contributed by atoms with Crippen LogP contribution in [0.25, 0.3) is 10.6 Å². The molecule has 0 fully saturated rings. The molecule has 0 aliphatic carbocycles. The molecule has 0 heterocycles. The maximum Gasteiger partial charge on any atom is 4.00 e. The summed E-state index contributed by atoms with van der Waals surface area (Å²) in [5.74, 6) is 3.33. The molecule has 0 amide bonds. The molecule has 284 valence electrons. The van der Waals surface area contributed by atoms with E-state index in [9.17, 15) is 0 Å². The van der Waals surface area contributed by atoms with E-state index in [1.165, 1.54) is 22.3 Å². The summed E-state index contributed by atoms with van der Waals surface area (Å²) in [6.07, 6.45) is 0. The monoisotopic (exact) mass is 756 g/mol. The number of amidine groups is 2. The normalized spacial score (nSPS) is 12.0. The Morgan fingerprint density at radius 1 is 0.453 bits per heavy atom. The van der Waals surface area contributed by atoms with Crippen LogP contribution in [0, 0.1) is 0 Å². The van der Waals surface area contributed by atoms with Gasteiger partial charge in [-0.15, -0.1) is 0 Å². The molecule has 4 aromatic carbocycles. The van der Waals surface area contributed by atoms with Crippen molar-refractivity contribution in [3.05, 3.63) is 141 Å². The smallest absolute Gasteiger partial charge is 0.464 e. The summed E-state index contributed by atoms with van der Waals surface area (Å²) in [6, 6.07) is 33.7. The van der Waals surface area contributed by atoms with E-state index in [0.717, 1.165) is 60.4 Å². The van der Waals surface area contributed by atoms with Gasteiger partial charge < -0.3 is 30.4 Å². The second-order valence-corrected chi connectivity index (χ2v) is 15.2. The van der Waals surface area contributed by atoms with Gasteiger partial charge in [0.05, 0.1) is 0 Å². The first-order valence-electron chi connectivity index (χ1n) is 19.0. The Bertz CT molecular complexity index is 1510. The molecule has 6 nitrogen and oxygen atoms in total. The summed E-state index contributed by atoms with van der Waals surface area (Å²) in [6.45, 7) is 21.1. The van der Waals surface area contributed by atoms with Crippen molar-refractivity contribution in [2.45, 2.75) is 79.1 Å². The minimum Gasteiger partial charge on any atom is -0.464 e. The van der Waals surface area contributed by atoms with E-state index >= 15 is 0 Å². The molecule has 0 bridgehead atoms. The van der Waals surface area contributed by atoms with E-state index in [2.05, 4.69) is 154 Å². The van der Waals surface area contributed by atoms with Gasteiger partial charge in [-0.1, -0.05) is 164 Å². The standard InChI is InChI=1S/2C23H32N3.Fe/c2*1-17(2)20-13-10-14-21(18(3)4)22(20)25-23(24-15-16-26(5)6)19-11-8-7-9-12-19;/h2*7-14,17-18H,15-16H2,1-6H3;/q2*-1;+4. The van der Waals surface area contributed by atoms with Crippen LogP contribution in [0.1, 0.15) is 112 Å². The molecule has 4 aromatic rings. The second kappa shape index (κ2) is 23.1. The third-order valence-electron chi connectivity index (χ3n) is 8.80. The summed E-state index contributed by atoms with van der Waals surface area (Å²) < 4.78 is 0. The van der Waals surface area contributed by atoms with Crippen molar-refractivity contribution in [2.24, 2.45) is 9.98 Å². The zero-order chi connectivity index (χ0) is 38.2. The molecule has 7 heteroatoms. The number of benzene rings is 4. The topological polar surface area (TPSA) is 59.4 Å². The minimum atomic E-state index is 0. The SMILES string of the molecule is CC(C)c1cccc(C(C)C)c1N=C([N-]CCN(C)C)c1ccccc1.CC(C)c1cccc(C(C)C)c1N=C([N-]CCN(C)C)c1ccccc1.[Fe+4]. The van der Waals surface area contributed by atoms with E-state index in [4.69, 9.17) is 20.6 Å². The molecular formula is C46H64FeN6+2. The molecule has 0 atom stereocenters. The second-order valence-electron chi connectivity index (χ2n) is 15.2. The van der Waals surface area contributed by atoms with Crippen molar-refractivity contribution in [1.29, 1.82) is 0 Å². The molecule has 0 radical (unpaired) electrons. The maximum atomic E-state index is 5.10. The molecule has 53 heavy (non-hydrogen) atoms. The molecule has 0 spiro atoms. The van der Waals surface area contributed by atoms with Gasteiger partial charge >= 0.3 is 17.1 Å². The van der Waals surface area contributed by atoms with Gasteiger partial charge in [0.2, 0.25) is 0 Å². The summed E-state index contributed by atoms with van der Waals surface area (Å²) in [7, 11) is 8.28. The minimum absolute atomic E-state index is 0. The van der Waals surface area contributed by atoms with Crippen molar-refractivity contribution < 1.29 is 17.1 Å². The van der Waals surface area contributed by atoms with Gasteiger partial charge in [0.15, 0.2) is 0 Å². The Kier molecular flexibility index (Phi) is 19.8. The maximum absolute atomic E-state index is 5.10. The van der Waals surface area contributed by atoms with Crippen LogP contribution in [-0.4, -0.2) is 75.8 Å². The Morgan fingerprint density at radius 3 is 0.981 bits per heavy atom. The van der Waals surface area contributed by atoms with Gasteiger partial charge in [0.1, 0.15) is 0 Å². The third kappa shape index (κ3) is 14.5. The van der Waals surface area contributed by atoms with E-state index in [1.807, 2.05) is 36.4 Å². The largest absolute Gasteiger partial charge is 4.00 e. The molecule has 0 unspecified atom stereocenters. The predicted molar refractivity (Wildman–Crippen MR) is 228 cm³/mol. The number of hydrogen-bond acceptors (Lipinski definition) is 4. The zero-order valence-electron chi connectivity index (χ0n) is 34.4. The van der Waals surface area contributed by atoms with Crippen LogP contribution < -0.4 is 0 Å². The van der Waals surface area contributed by atoms with Gasteiger partial charge in [-0.2, -0.15) is 0 Å². The quantitative estimate of drug-likeness (QED) is 0.0731. The molecular weight excluding hydrogens is 692 g/mol. The van der Waals surface area contributed by atoms with Crippen LogP contribution >= 0.6 is 0 Å². The van der Waals surface area contributed by atoms with Gasteiger partial charge in [0, 0.05) is 0 Å². The van der Waals surface area contributed by atoms with E-state index in [-0.39, 0.29) is 17.1 Å². The van der Waals surface area contributed by atoms with Crippen LogP contribution in [0.15, 0.2) is 107 Å². The number of para-hydroxylation sites is 2. The van der Waals surface area contributed by atoms with Crippen LogP contribution in [0.4, 0.5) is 11.4 Å². The van der Waals surface area contributed by atoms with Gasteiger partial charge in [-0.3, -0.25) is 0 Å². The van der Waals surface area contributed by atoms with E-state index in [0.29, 0.717) is 23.7 Å². The average molecular weight is 757 g/mol. The first kappa shape index (κ1) is 45.4. The summed E-state index contributed by atoms with van der Waals surface area (Å²) in [5.41, 5.74) is 9.45. The number of rotatable bonds is 14. The van der Waals surface area contributed by atoms with Crippen molar-refractivity contribution >= 4 is 23.0 Å². The Balaban J connectivity index is 0.000000360. The number of aliphatic imine (C=N–C) groups is 2. The van der Waals surface area contributed by atoms with Crippen molar-refractivity contribution in [3.8, 4) is 0 Å². The summed E-state index contributed by atoms with van der Waals surface area (Å²) in [4.78, 5) is 14.5. The van der Waals surface area contributed by atoms with Crippen molar-refractivity contribution in [1.82, 2.24) is 9.80 Å². The van der Waals surface area contributed by atoms with Crippen LogP contribution in [0.2, 0.25) is 0 Å². The van der Waals surface area contributed by atoms with Crippen LogP contribution in [0.3, 0.4) is 0 Å². The van der Waals surface area contributed by atoms with Crippen LogP contribution in [0.5, 0.6) is 0 Å². The number of likely N-dealkylation sites (N-methyl/N-ethyl adjacent to an activating group) is 2. The third-order valence-corrected chi connectivity index (χ3v) is 8.80. The van der Waals surface area contributed by atoms with E-state index in [1.54, 1.807) is 0 Å². The van der Waals surface area contributed by atoms with Crippen molar-refractivity contribution in [2.75, 3.05) is 54.4 Å². The molecule has 0 N–H and O–H groups in total. The Labute approximate surface area is 333 Å². The molecule has 0 saturated heterocycles. The van der Waals surface area contributed by atoms with E-state index < -0.39 is 0 Å². The van der Waals surface area contributed by atoms with Crippen LogP contribution in [-0.2, 0) is 17.1 Å². The fraction of sp³-hybridized carbons (Fsp3) is 0.435. The Morgan fingerprint density at radius 2 is 0.736 bits per heavy atom. The van der Waals surface area contributed by atoms with Gasteiger partial charge in [-0.25, -0.2) is 0 Å². The first-order chi connectivity index (χ1) is 24.8. The molecule has 0 aliphatic rings. The molecule has 4 rings (SSSR count). The number of nitrogens with zero attached hydrogens (tertiary/aromatic N) is 6. The summed E-state index contributed by atoms with van der Waals surface area (Å²) in [5, 5.41) is 9.68.